The highest BCUT2D eigenvalue weighted by Crippen LogP contribution is 2.26. The number of nitrogens with two attached hydrogens (primary N) is 1. The van der Waals surface area contributed by atoms with E-state index in [2.05, 4.69) is 15.4 Å². The maximum Gasteiger partial charge on any atom is 0.260 e. The molecule has 4 rings (SSSR count). The van der Waals surface area contributed by atoms with Crippen LogP contribution < -0.4 is 15.8 Å². The monoisotopic (exact) mass is 351 g/mol. The second kappa shape index (κ2) is 6.42. The largest absolute Gasteiger partial charge is 0.497 e. The van der Waals surface area contributed by atoms with Crippen LogP contribution in [0.2, 0.25) is 0 Å². The number of nitrogens with one attached hydrogen (secondary N) is 1. The molecule has 1 aromatic carbocycles. The molecule has 3 N–H and O–H groups in total. The van der Waals surface area contributed by atoms with E-state index in [1.165, 1.54) is 0 Å². The Morgan fingerprint density at radius 3 is 3.00 bits per heavy atom. The van der Waals surface area contributed by atoms with Crippen molar-refractivity contribution in [2.24, 2.45) is 5.73 Å². The van der Waals surface area contributed by atoms with E-state index in [1.54, 1.807) is 7.11 Å². The molecule has 0 saturated heterocycles. The molecule has 26 heavy (non-hydrogen) atoms. The molecule has 7 nitrogen and oxygen atoms in total. The first kappa shape index (κ1) is 16.5. The molecular weight excluding hydrogens is 330 g/mol. The molecule has 134 valence electrons. The van der Waals surface area contributed by atoms with Crippen molar-refractivity contribution in [3.8, 4) is 5.75 Å². The second-order valence-electron chi connectivity index (χ2n) is 6.46. The van der Waals surface area contributed by atoms with Crippen molar-refractivity contribution in [3.05, 3.63) is 46.8 Å². The van der Waals surface area contributed by atoms with Gasteiger partial charge in [-0.25, -0.2) is 4.98 Å². The summed E-state index contributed by atoms with van der Waals surface area (Å²) < 4.78 is 7.16. The molecule has 1 aliphatic rings. The summed E-state index contributed by atoms with van der Waals surface area (Å²) in [6.07, 6.45) is 1.84. The fourth-order valence-corrected chi connectivity index (χ4v) is 3.54. The molecule has 0 aliphatic carbocycles. The van der Waals surface area contributed by atoms with Crippen LogP contribution in [0.4, 0.5) is 5.82 Å². The highest BCUT2D eigenvalue weighted by atomic mass is 16.5. The molecule has 1 amide bonds. The molecule has 0 atom stereocenters. The van der Waals surface area contributed by atoms with Crippen molar-refractivity contribution < 1.29 is 9.53 Å². The van der Waals surface area contributed by atoms with Gasteiger partial charge in [0.15, 0.2) is 0 Å². The Morgan fingerprint density at radius 1 is 1.38 bits per heavy atom. The molecule has 0 unspecified atom stereocenters. The maximum atomic E-state index is 12.9. The number of aromatic nitrogens is 3. The van der Waals surface area contributed by atoms with Gasteiger partial charge in [-0.3, -0.25) is 9.48 Å². The summed E-state index contributed by atoms with van der Waals surface area (Å²) >= 11 is 0. The number of methoxy groups -OCH3 is 1. The minimum atomic E-state index is -0.206. The third-order valence-corrected chi connectivity index (χ3v) is 4.80. The number of hydrogen-bond acceptors (Lipinski definition) is 5. The van der Waals surface area contributed by atoms with Crippen LogP contribution in [0, 0.1) is 6.92 Å². The fraction of sp³-hybridized carbons (Fsp3) is 0.316. The molecule has 0 spiro atoms. The maximum absolute atomic E-state index is 12.9. The van der Waals surface area contributed by atoms with Gasteiger partial charge in [-0.05, 0) is 43.5 Å². The van der Waals surface area contributed by atoms with Crippen LogP contribution in [0.15, 0.2) is 24.3 Å². The Bertz CT molecular complexity index is 1010. The van der Waals surface area contributed by atoms with Crippen LogP contribution in [-0.2, 0) is 19.5 Å². The van der Waals surface area contributed by atoms with Gasteiger partial charge in [-0.2, -0.15) is 5.10 Å². The summed E-state index contributed by atoms with van der Waals surface area (Å²) in [7, 11) is 1.62. The molecule has 0 fully saturated rings. The molecule has 2 aromatic heterocycles. The number of benzene rings is 1. The quantitative estimate of drug-likeness (QED) is 0.753. The van der Waals surface area contributed by atoms with Crippen molar-refractivity contribution in [1.29, 1.82) is 0 Å². The van der Waals surface area contributed by atoms with E-state index in [0.717, 1.165) is 47.3 Å². The number of nitrogens with zero attached hydrogens (tertiary/aromatic N) is 3. The minimum Gasteiger partial charge on any atom is -0.497 e. The molecule has 0 bridgehead atoms. The van der Waals surface area contributed by atoms with E-state index in [1.807, 2.05) is 35.9 Å². The first-order valence-corrected chi connectivity index (χ1v) is 8.66. The van der Waals surface area contributed by atoms with Crippen molar-refractivity contribution in [2.75, 3.05) is 12.4 Å². The highest BCUT2D eigenvalue weighted by Gasteiger charge is 2.26. The van der Waals surface area contributed by atoms with Crippen LogP contribution >= 0.6 is 0 Å². The van der Waals surface area contributed by atoms with Gasteiger partial charge in [0.25, 0.3) is 5.91 Å². The molecule has 7 heteroatoms. The molecular formula is C19H21N5O2. The molecule has 3 heterocycles. The predicted molar refractivity (Wildman–Crippen MR) is 99.4 cm³/mol. The molecule has 0 saturated carbocycles. The van der Waals surface area contributed by atoms with Crippen LogP contribution in [0.1, 0.15) is 33.7 Å². The van der Waals surface area contributed by atoms with Gasteiger partial charge in [-0.1, -0.05) is 0 Å². The Morgan fingerprint density at radius 2 is 2.23 bits per heavy atom. The van der Waals surface area contributed by atoms with Crippen molar-refractivity contribution in [3.63, 3.8) is 0 Å². The number of amides is 1. The molecule has 0 radical (unpaired) electrons. The van der Waals surface area contributed by atoms with Crippen molar-refractivity contribution >= 4 is 22.6 Å². The SMILES string of the molecule is COc1ccc2c(C)cc(NC(=O)c3c(CN)nn4c3CCC4)nc2c1. The summed E-state index contributed by atoms with van der Waals surface area (Å²) in [5, 5.41) is 8.40. The van der Waals surface area contributed by atoms with Gasteiger partial charge < -0.3 is 15.8 Å². The minimum absolute atomic E-state index is 0.206. The third-order valence-electron chi connectivity index (χ3n) is 4.80. The first-order valence-electron chi connectivity index (χ1n) is 8.66. The average Bonchev–Trinajstić information content (AvgIpc) is 3.21. The van der Waals surface area contributed by atoms with E-state index in [4.69, 9.17) is 10.5 Å². The normalized spacial score (nSPS) is 13.0. The van der Waals surface area contributed by atoms with Crippen LogP contribution in [0.3, 0.4) is 0 Å². The lowest BCUT2D eigenvalue weighted by Gasteiger charge is -2.10. The lowest BCUT2D eigenvalue weighted by atomic mass is 10.1. The van der Waals surface area contributed by atoms with Gasteiger partial charge in [0.05, 0.1) is 29.6 Å². The number of aryl methyl sites for hydroxylation is 2. The number of anilines is 1. The summed E-state index contributed by atoms with van der Waals surface area (Å²) in [6, 6.07) is 7.61. The number of fused-ring (bicyclic) bond motifs is 2. The number of carbonyl (C=O) groups excluding carboxylic acids is 1. The predicted octanol–water partition coefficient (Wildman–Crippen LogP) is 2.41. The highest BCUT2D eigenvalue weighted by molar-refractivity contribution is 6.06. The number of ether oxygens (including phenoxy) is 1. The second-order valence-corrected chi connectivity index (χ2v) is 6.46. The third kappa shape index (κ3) is 2.70. The van der Waals surface area contributed by atoms with Crippen LogP contribution in [-0.4, -0.2) is 27.8 Å². The number of carbonyl (C=O) groups is 1. The van der Waals surface area contributed by atoms with E-state index < -0.39 is 0 Å². The van der Waals surface area contributed by atoms with Gasteiger partial charge in [0.2, 0.25) is 0 Å². The average molecular weight is 351 g/mol. The topological polar surface area (TPSA) is 95.1 Å². The van der Waals surface area contributed by atoms with Crippen molar-refractivity contribution in [2.45, 2.75) is 32.9 Å². The van der Waals surface area contributed by atoms with Gasteiger partial charge in [0, 0.05) is 24.5 Å². The Balaban J connectivity index is 1.70. The summed E-state index contributed by atoms with van der Waals surface area (Å²) in [5.74, 6) is 1.03. The van der Waals surface area contributed by atoms with Gasteiger partial charge >= 0.3 is 0 Å². The first-order chi connectivity index (χ1) is 12.6. The standard InChI is InChI=1S/C19H21N5O2/c1-11-8-17(21-14-9-12(26-2)5-6-13(11)14)22-19(25)18-15(10-20)23-24-7-3-4-16(18)24/h5-6,8-9H,3-4,7,10,20H2,1-2H3,(H,21,22,25). The summed E-state index contributed by atoms with van der Waals surface area (Å²) in [6.45, 7) is 3.07. The number of pyridine rings is 1. The van der Waals surface area contributed by atoms with Gasteiger partial charge in [-0.15, -0.1) is 0 Å². The zero-order valence-electron chi connectivity index (χ0n) is 14.9. The fourth-order valence-electron chi connectivity index (χ4n) is 3.54. The summed E-state index contributed by atoms with van der Waals surface area (Å²) in [4.78, 5) is 17.5. The molecule has 1 aliphatic heterocycles. The zero-order chi connectivity index (χ0) is 18.3. The van der Waals surface area contributed by atoms with E-state index in [-0.39, 0.29) is 12.5 Å². The van der Waals surface area contributed by atoms with Crippen LogP contribution in [0.5, 0.6) is 5.75 Å². The Kier molecular flexibility index (Phi) is 4.08. The lowest BCUT2D eigenvalue weighted by Crippen LogP contribution is -2.17. The Labute approximate surface area is 151 Å². The van der Waals surface area contributed by atoms with Crippen LogP contribution in [0.25, 0.3) is 10.9 Å². The number of hydrogen-bond donors (Lipinski definition) is 2. The van der Waals surface area contributed by atoms with Crippen molar-refractivity contribution in [1.82, 2.24) is 14.8 Å². The van der Waals surface area contributed by atoms with E-state index in [9.17, 15) is 4.79 Å². The molecule has 3 aromatic rings. The zero-order valence-corrected chi connectivity index (χ0v) is 14.9. The van der Waals surface area contributed by atoms with Gasteiger partial charge in [0.1, 0.15) is 11.6 Å². The Hall–Kier alpha value is -2.93. The van der Waals surface area contributed by atoms with E-state index >= 15 is 0 Å². The van der Waals surface area contributed by atoms with E-state index in [0.29, 0.717) is 17.1 Å². The smallest absolute Gasteiger partial charge is 0.260 e. The summed E-state index contributed by atoms with van der Waals surface area (Å²) in [5.41, 5.74) is 9.79. The lowest BCUT2D eigenvalue weighted by molar-refractivity contribution is 0.102. The number of rotatable bonds is 4.